The highest BCUT2D eigenvalue weighted by Gasteiger charge is 2.52. The normalized spacial score (nSPS) is 24.5. The van der Waals surface area contributed by atoms with Gasteiger partial charge in [0.2, 0.25) is 0 Å². The second-order valence-corrected chi connectivity index (χ2v) is 12.1. The van der Waals surface area contributed by atoms with Gasteiger partial charge < -0.3 is 18.9 Å². The molecule has 31 heavy (non-hydrogen) atoms. The van der Waals surface area contributed by atoms with Gasteiger partial charge in [-0.1, -0.05) is 0 Å². The number of aryl methyl sites for hydroxylation is 1. The largest absolute Gasteiger partial charge is 0.598 e. The van der Waals surface area contributed by atoms with E-state index in [0.29, 0.717) is 30.1 Å². The molecule has 8 nitrogen and oxygen atoms in total. The van der Waals surface area contributed by atoms with Crippen molar-refractivity contribution in [3.63, 3.8) is 0 Å². The maximum absolute atomic E-state index is 12.8. The Bertz CT molecular complexity index is 811. The molecular formula is C21H33BrN4O4S. The minimum absolute atomic E-state index is 0.0111. The number of hydrogen-bond acceptors (Lipinski definition) is 8. The number of carbonyl (C=O) groups excluding carboxylic acids is 1. The van der Waals surface area contributed by atoms with Gasteiger partial charge >= 0.3 is 5.97 Å². The summed E-state index contributed by atoms with van der Waals surface area (Å²) in [5.41, 5.74) is 0.856. The Morgan fingerprint density at radius 2 is 2.03 bits per heavy atom. The molecule has 3 rings (SSSR count). The zero-order valence-electron chi connectivity index (χ0n) is 19.2. The van der Waals surface area contributed by atoms with Crippen LogP contribution in [0.3, 0.4) is 0 Å². The summed E-state index contributed by atoms with van der Waals surface area (Å²) in [5.74, 6) is 0.0904. The lowest BCUT2D eigenvalue weighted by Gasteiger charge is -2.43. The lowest BCUT2D eigenvalue weighted by atomic mass is 9.73. The summed E-state index contributed by atoms with van der Waals surface area (Å²) in [6, 6.07) is 0.0111. The fourth-order valence-electron chi connectivity index (χ4n) is 4.16. The van der Waals surface area contributed by atoms with Crippen LogP contribution in [0.5, 0.6) is 0 Å². The predicted octanol–water partition coefficient (Wildman–Crippen LogP) is 3.15. The van der Waals surface area contributed by atoms with E-state index in [0.717, 1.165) is 18.5 Å². The van der Waals surface area contributed by atoms with Crippen LogP contribution in [0.15, 0.2) is 4.60 Å². The van der Waals surface area contributed by atoms with Gasteiger partial charge in [0, 0.05) is 29.9 Å². The van der Waals surface area contributed by atoms with Crippen LogP contribution < -0.4 is 9.62 Å². The number of ether oxygens (including phenoxy) is 2. The maximum atomic E-state index is 12.8. The van der Waals surface area contributed by atoms with Crippen molar-refractivity contribution in [1.29, 1.82) is 0 Å². The number of hydrogen-bond donors (Lipinski definition) is 1. The van der Waals surface area contributed by atoms with Crippen LogP contribution >= 0.6 is 15.9 Å². The van der Waals surface area contributed by atoms with Gasteiger partial charge in [-0.15, -0.1) is 4.72 Å². The molecule has 2 fully saturated rings. The monoisotopic (exact) mass is 516 g/mol. The molecule has 2 saturated heterocycles. The molecule has 2 aliphatic rings. The second-order valence-electron chi connectivity index (χ2n) is 9.33. The molecular weight excluding hydrogens is 484 g/mol. The number of anilines is 1. The van der Waals surface area contributed by atoms with E-state index in [1.807, 2.05) is 34.6 Å². The molecule has 174 valence electrons. The van der Waals surface area contributed by atoms with Gasteiger partial charge in [0.15, 0.2) is 11.5 Å². The van der Waals surface area contributed by atoms with Crippen molar-refractivity contribution in [3.8, 4) is 0 Å². The third kappa shape index (κ3) is 5.19. The number of esters is 1. The molecule has 1 aromatic heterocycles. The number of piperidine rings is 1. The van der Waals surface area contributed by atoms with E-state index in [-0.39, 0.29) is 34.6 Å². The standard InChI is InChI=1S/C21H33BrN4O4S/c1-7-29-19(27)15-18(23-13(2)17(22)24-15)26-10-8-21(9-11-26)12-30-14(3)16(21)25-31(28)20(4,5)6/h14,16,25H,7-12H2,1-6H3/t14-,16?,31?/m0/s1. The smallest absolute Gasteiger partial charge is 0.360 e. The molecule has 10 heteroatoms. The molecule has 0 aromatic carbocycles. The number of nitrogens with zero attached hydrogens (tertiary/aromatic N) is 3. The summed E-state index contributed by atoms with van der Waals surface area (Å²) in [7, 11) is 0. The lowest BCUT2D eigenvalue weighted by molar-refractivity contribution is 0.0519. The Labute approximate surface area is 196 Å². The third-order valence-corrected chi connectivity index (χ3v) is 8.41. The van der Waals surface area contributed by atoms with Crippen LogP contribution in [0, 0.1) is 12.3 Å². The first-order chi connectivity index (χ1) is 14.5. The quantitative estimate of drug-likeness (QED) is 0.470. The van der Waals surface area contributed by atoms with E-state index in [2.05, 4.69) is 35.5 Å². The van der Waals surface area contributed by atoms with Crippen LogP contribution in [-0.2, 0) is 20.8 Å². The number of aromatic nitrogens is 2. The summed E-state index contributed by atoms with van der Waals surface area (Å²) >= 11 is 2.20. The van der Waals surface area contributed by atoms with Crippen molar-refractivity contribution in [2.75, 3.05) is 31.2 Å². The number of nitrogens with one attached hydrogen (secondary N) is 1. The molecule has 1 aromatic rings. The number of carbonyl (C=O) groups is 1. The summed E-state index contributed by atoms with van der Waals surface area (Å²) < 4.78 is 27.6. The van der Waals surface area contributed by atoms with Crippen molar-refractivity contribution >= 4 is 39.1 Å². The van der Waals surface area contributed by atoms with Crippen molar-refractivity contribution in [3.05, 3.63) is 16.0 Å². The highest BCUT2D eigenvalue weighted by Crippen LogP contribution is 2.44. The van der Waals surface area contributed by atoms with Gasteiger partial charge in [-0.05, 0) is 70.3 Å². The van der Waals surface area contributed by atoms with Crippen LogP contribution in [0.25, 0.3) is 0 Å². The van der Waals surface area contributed by atoms with E-state index < -0.39 is 17.3 Å². The predicted molar refractivity (Wildman–Crippen MR) is 125 cm³/mol. The SMILES string of the molecule is CCOC(=O)c1nc(Br)c(C)nc1N1CCC2(CC1)CO[C@@H](C)C2N[S+]([O-])C(C)(C)C. The van der Waals surface area contributed by atoms with Gasteiger partial charge in [0.05, 0.1) is 31.1 Å². The molecule has 1 N–H and O–H groups in total. The first-order valence-corrected chi connectivity index (χ1v) is 12.7. The second kappa shape index (κ2) is 9.51. The van der Waals surface area contributed by atoms with Crippen molar-refractivity contribution < 1.29 is 18.8 Å². The average Bonchev–Trinajstić information content (AvgIpc) is 2.99. The Hall–Kier alpha value is -0.940. The molecule has 0 aliphatic carbocycles. The van der Waals surface area contributed by atoms with Crippen molar-refractivity contribution in [1.82, 2.24) is 14.7 Å². The maximum Gasteiger partial charge on any atom is 0.360 e. The molecule has 0 saturated carbocycles. The molecule has 0 bridgehead atoms. The Morgan fingerprint density at radius 3 is 2.61 bits per heavy atom. The lowest BCUT2D eigenvalue weighted by Crippen LogP contribution is -2.56. The van der Waals surface area contributed by atoms with E-state index in [1.54, 1.807) is 6.92 Å². The summed E-state index contributed by atoms with van der Waals surface area (Å²) in [5, 5.41) is 0. The van der Waals surface area contributed by atoms with Gasteiger partial charge in [-0.2, -0.15) is 0 Å². The first kappa shape index (κ1) is 24.7. The van der Waals surface area contributed by atoms with Gasteiger partial charge in [0.1, 0.15) is 9.35 Å². The van der Waals surface area contributed by atoms with Crippen molar-refractivity contribution in [2.45, 2.75) is 71.3 Å². The third-order valence-electron chi connectivity index (χ3n) is 6.07. The Morgan fingerprint density at radius 1 is 1.39 bits per heavy atom. The molecule has 0 radical (unpaired) electrons. The summed E-state index contributed by atoms with van der Waals surface area (Å²) in [6.07, 6.45) is 1.67. The van der Waals surface area contributed by atoms with Crippen LogP contribution in [0.1, 0.15) is 63.6 Å². The molecule has 3 heterocycles. The van der Waals surface area contributed by atoms with E-state index in [4.69, 9.17) is 9.47 Å². The summed E-state index contributed by atoms with van der Waals surface area (Å²) in [6.45, 7) is 13.9. The van der Waals surface area contributed by atoms with Crippen LogP contribution in [-0.4, -0.2) is 63.7 Å². The fraction of sp³-hybridized carbons (Fsp3) is 0.762. The minimum Gasteiger partial charge on any atom is -0.598 e. The highest BCUT2D eigenvalue weighted by atomic mass is 79.9. The topological polar surface area (TPSA) is 99.6 Å². The van der Waals surface area contributed by atoms with Crippen molar-refractivity contribution in [2.24, 2.45) is 5.41 Å². The Balaban J connectivity index is 1.80. The molecule has 2 aliphatic heterocycles. The van der Waals surface area contributed by atoms with E-state index in [9.17, 15) is 9.35 Å². The van der Waals surface area contributed by atoms with Gasteiger partial charge in [-0.3, -0.25) is 0 Å². The molecule has 0 amide bonds. The van der Waals surface area contributed by atoms with E-state index >= 15 is 0 Å². The van der Waals surface area contributed by atoms with Crippen LogP contribution in [0.2, 0.25) is 0 Å². The average molecular weight is 517 g/mol. The summed E-state index contributed by atoms with van der Waals surface area (Å²) in [4.78, 5) is 23.7. The molecule has 3 atom stereocenters. The first-order valence-electron chi connectivity index (χ1n) is 10.7. The van der Waals surface area contributed by atoms with Gasteiger partial charge in [0.25, 0.3) is 0 Å². The fourth-order valence-corrected chi connectivity index (χ4v) is 5.45. The minimum atomic E-state index is -1.17. The molecule has 2 unspecified atom stereocenters. The highest BCUT2D eigenvalue weighted by molar-refractivity contribution is 9.10. The van der Waals surface area contributed by atoms with Gasteiger partial charge in [-0.25, -0.2) is 14.8 Å². The van der Waals surface area contributed by atoms with E-state index in [1.165, 1.54) is 0 Å². The number of halogens is 1. The zero-order chi connectivity index (χ0) is 23.0. The Kier molecular flexibility index (Phi) is 7.57. The van der Waals surface area contributed by atoms with Crippen LogP contribution in [0.4, 0.5) is 5.82 Å². The number of rotatable bonds is 5. The molecule has 1 spiro atoms. The zero-order valence-corrected chi connectivity index (χ0v) is 21.6.